The molecule has 0 aliphatic carbocycles. The van der Waals surface area contributed by atoms with Crippen molar-refractivity contribution in [3.8, 4) is 11.8 Å². The molecule has 4 heteroatoms. The van der Waals surface area contributed by atoms with Gasteiger partial charge in [0.25, 0.3) is 0 Å². The van der Waals surface area contributed by atoms with E-state index in [0.717, 1.165) is 0 Å². The molecular weight excluding hydrogens is 240 g/mol. The molecule has 4 nitrogen and oxygen atoms in total. The van der Waals surface area contributed by atoms with E-state index in [1.54, 1.807) is 48.8 Å². The van der Waals surface area contributed by atoms with Crippen LogP contribution in [0.2, 0.25) is 0 Å². The molecule has 0 N–H and O–H groups in total. The average Bonchev–Trinajstić information content (AvgIpc) is 2.49. The van der Waals surface area contributed by atoms with E-state index in [4.69, 9.17) is 4.74 Å². The maximum absolute atomic E-state index is 12.4. The lowest BCUT2D eigenvalue weighted by atomic mass is 9.92. The van der Waals surface area contributed by atoms with Crippen molar-refractivity contribution in [2.24, 2.45) is 0 Å². The van der Waals surface area contributed by atoms with Crippen molar-refractivity contribution in [1.82, 2.24) is 4.98 Å². The first-order valence-electron chi connectivity index (χ1n) is 5.74. The second-order valence-corrected chi connectivity index (χ2v) is 3.91. The highest BCUT2D eigenvalue weighted by Crippen LogP contribution is 2.25. The van der Waals surface area contributed by atoms with Crippen LogP contribution < -0.4 is 4.74 Å². The Labute approximate surface area is 111 Å². The molecule has 1 aromatic heterocycles. The monoisotopic (exact) mass is 252 g/mol. The molecule has 0 aliphatic rings. The molecule has 94 valence electrons. The third-order valence-electron chi connectivity index (χ3n) is 2.80. The zero-order valence-electron chi connectivity index (χ0n) is 10.4. The van der Waals surface area contributed by atoms with Crippen molar-refractivity contribution >= 4 is 5.78 Å². The maximum atomic E-state index is 12.4. The number of ketones is 1. The van der Waals surface area contributed by atoms with Crippen molar-refractivity contribution < 1.29 is 9.53 Å². The fourth-order valence-electron chi connectivity index (χ4n) is 1.84. The van der Waals surface area contributed by atoms with Crippen molar-refractivity contribution in [1.29, 1.82) is 5.26 Å². The summed E-state index contributed by atoms with van der Waals surface area (Å²) in [5, 5.41) is 9.24. The molecule has 0 saturated carbocycles. The Morgan fingerprint density at radius 2 is 1.95 bits per heavy atom. The lowest BCUT2D eigenvalue weighted by Gasteiger charge is -2.11. The quantitative estimate of drug-likeness (QED) is 0.784. The van der Waals surface area contributed by atoms with E-state index >= 15 is 0 Å². The molecule has 19 heavy (non-hydrogen) atoms. The van der Waals surface area contributed by atoms with E-state index in [2.05, 4.69) is 4.98 Å². The van der Waals surface area contributed by atoms with Crippen molar-refractivity contribution in [2.75, 3.05) is 7.11 Å². The van der Waals surface area contributed by atoms with Crippen LogP contribution in [-0.4, -0.2) is 17.9 Å². The summed E-state index contributed by atoms with van der Waals surface area (Å²) in [5.41, 5.74) is 1.04. The molecule has 1 unspecified atom stereocenters. The molecule has 0 bridgehead atoms. The standard InChI is InChI=1S/C15H12N2O2/c1-19-14-5-3-2-4-12(14)15(18)13(10-16)11-6-8-17-9-7-11/h2-9,13H,1H3. The zero-order valence-corrected chi connectivity index (χ0v) is 10.4. The van der Waals surface area contributed by atoms with Gasteiger partial charge >= 0.3 is 0 Å². The molecule has 0 saturated heterocycles. The molecule has 1 heterocycles. The van der Waals surface area contributed by atoms with Crippen LogP contribution in [-0.2, 0) is 0 Å². The van der Waals surface area contributed by atoms with Crippen LogP contribution in [0.15, 0.2) is 48.8 Å². The van der Waals surface area contributed by atoms with Gasteiger partial charge in [-0.05, 0) is 29.8 Å². The van der Waals surface area contributed by atoms with Gasteiger partial charge in [-0.25, -0.2) is 0 Å². The van der Waals surface area contributed by atoms with Gasteiger partial charge in [0.2, 0.25) is 0 Å². The number of hydrogen-bond donors (Lipinski definition) is 0. The first kappa shape index (κ1) is 12.8. The highest BCUT2D eigenvalue weighted by molar-refractivity contribution is 6.04. The topological polar surface area (TPSA) is 63.0 Å². The van der Waals surface area contributed by atoms with Crippen LogP contribution in [0.25, 0.3) is 0 Å². The van der Waals surface area contributed by atoms with Gasteiger partial charge in [-0.1, -0.05) is 12.1 Å². The highest BCUT2D eigenvalue weighted by atomic mass is 16.5. The highest BCUT2D eigenvalue weighted by Gasteiger charge is 2.24. The van der Waals surface area contributed by atoms with Gasteiger partial charge in [-0.15, -0.1) is 0 Å². The normalized spacial score (nSPS) is 11.4. The summed E-state index contributed by atoms with van der Waals surface area (Å²) >= 11 is 0. The molecule has 0 aliphatic heterocycles. The van der Waals surface area contributed by atoms with E-state index in [9.17, 15) is 10.1 Å². The zero-order chi connectivity index (χ0) is 13.7. The third kappa shape index (κ3) is 2.61. The minimum Gasteiger partial charge on any atom is -0.496 e. The lowest BCUT2D eigenvalue weighted by molar-refractivity contribution is 0.0976. The molecule has 0 fully saturated rings. The number of nitriles is 1. The maximum Gasteiger partial charge on any atom is 0.188 e. The molecule has 0 spiro atoms. The average molecular weight is 252 g/mol. The summed E-state index contributed by atoms with van der Waals surface area (Å²) in [4.78, 5) is 16.3. The van der Waals surface area contributed by atoms with Crippen LogP contribution >= 0.6 is 0 Å². The number of aromatic nitrogens is 1. The number of para-hydroxylation sites is 1. The number of carbonyl (C=O) groups is 1. The molecule has 1 aromatic carbocycles. The van der Waals surface area contributed by atoms with E-state index in [0.29, 0.717) is 16.9 Å². The van der Waals surface area contributed by atoms with Gasteiger partial charge in [-0.2, -0.15) is 5.26 Å². The minimum atomic E-state index is -0.848. The van der Waals surface area contributed by atoms with Gasteiger partial charge in [0, 0.05) is 12.4 Å². The summed E-state index contributed by atoms with van der Waals surface area (Å²) in [5.74, 6) is -0.646. The van der Waals surface area contributed by atoms with E-state index in [-0.39, 0.29) is 5.78 Å². The number of hydrogen-bond acceptors (Lipinski definition) is 4. The smallest absolute Gasteiger partial charge is 0.188 e. The number of rotatable bonds is 4. The summed E-state index contributed by atoms with van der Waals surface area (Å²) in [6.45, 7) is 0. The Hall–Kier alpha value is -2.67. The Morgan fingerprint density at radius 3 is 2.58 bits per heavy atom. The second-order valence-electron chi connectivity index (χ2n) is 3.91. The van der Waals surface area contributed by atoms with E-state index in [1.165, 1.54) is 7.11 Å². The molecule has 2 aromatic rings. The van der Waals surface area contributed by atoms with E-state index < -0.39 is 5.92 Å². The summed E-state index contributed by atoms with van der Waals surface area (Å²) in [6, 6.07) is 12.3. The number of Topliss-reactive ketones (excluding diaryl/α,β-unsaturated/α-hetero) is 1. The number of benzene rings is 1. The number of ether oxygens (including phenoxy) is 1. The predicted octanol–water partition coefficient (Wildman–Crippen LogP) is 2.58. The number of nitrogens with zero attached hydrogens (tertiary/aromatic N) is 2. The molecule has 0 radical (unpaired) electrons. The second kappa shape index (κ2) is 5.78. The molecule has 0 amide bonds. The predicted molar refractivity (Wildman–Crippen MR) is 69.9 cm³/mol. The molecule has 2 rings (SSSR count). The van der Waals surface area contributed by atoms with Crippen molar-refractivity contribution in [3.63, 3.8) is 0 Å². The van der Waals surface area contributed by atoms with Crippen LogP contribution in [0, 0.1) is 11.3 Å². The minimum absolute atomic E-state index is 0.272. The summed E-state index contributed by atoms with van der Waals surface area (Å²) in [6.07, 6.45) is 3.13. The van der Waals surface area contributed by atoms with Crippen molar-refractivity contribution in [3.05, 3.63) is 59.9 Å². The summed E-state index contributed by atoms with van der Waals surface area (Å²) < 4.78 is 5.15. The Bertz CT molecular complexity index is 618. The van der Waals surface area contributed by atoms with Gasteiger partial charge in [-0.3, -0.25) is 9.78 Å². The Balaban J connectivity index is 2.40. The van der Waals surface area contributed by atoms with Gasteiger partial charge in [0.1, 0.15) is 11.7 Å². The van der Waals surface area contributed by atoms with Gasteiger partial charge in [0.05, 0.1) is 18.7 Å². The lowest BCUT2D eigenvalue weighted by Crippen LogP contribution is -2.12. The SMILES string of the molecule is COc1ccccc1C(=O)C(C#N)c1ccncc1. The first-order valence-corrected chi connectivity index (χ1v) is 5.74. The van der Waals surface area contributed by atoms with Gasteiger partial charge < -0.3 is 4.74 Å². The summed E-state index contributed by atoms with van der Waals surface area (Å²) in [7, 11) is 1.50. The first-order chi connectivity index (χ1) is 9.27. The number of pyridine rings is 1. The number of carbonyl (C=O) groups excluding carboxylic acids is 1. The fraction of sp³-hybridized carbons (Fsp3) is 0.133. The fourth-order valence-corrected chi connectivity index (χ4v) is 1.84. The van der Waals surface area contributed by atoms with Crippen molar-refractivity contribution in [2.45, 2.75) is 5.92 Å². The molecule has 1 atom stereocenters. The Morgan fingerprint density at radius 1 is 1.26 bits per heavy atom. The largest absolute Gasteiger partial charge is 0.496 e. The van der Waals surface area contributed by atoms with Crippen LogP contribution in [0.5, 0.6) is 5.75 Å². The van der Waals surface area contributed by atoms with E-state index in [1.807, 2.05) is 6.07 Å². The third-order valence-corrected chi connectivity index (χ3v) is 2.80. The number of methoxy groups -OCH3 is 1. The molecular formula is C15H12N2O2. The Kier molecular flexibility index (Phi) is 3.89. The van der Waals surface area contributed by atoms with Crippen LogP contribution in [0.3, 0.4) is 0 Å². The van der Waals surface area contributed by atoms with Crippen LogP contribution in [0.4, 0.5) is 0 Å². The van der Waals surface area contributed by atoms with Crippen LogP contribution in [0.1, 0.15) is 21.8 Å². The van der Waals surface area contributed by atoms with Gasteiger partial charge in [0.15, 0.2) is 5.78 Å².